The van der Waals surface area contributed by atoms with Crippen molar-refractivity contribution in [1.82, 2.24) is 0 Å². The van der Waals surface area contributed by atoms with Crippen molar-refractivity contribution in [1.29, 1.82) is 0 Å². The first-order valence-corrected chi connectivity index (χ1v) is 5.82. The van der Waals surface area contributed by atoms with Crippen LogP contribution in [-0.4, -0.2) is 13.1 Å². The van der Waals surface area contributed by atoms with Gasteiger partial charge in [-0.3, -0.25) is 0 Å². The molecule has 0 unspecified atom stereocenters. The van der Waals surface area contributed by atoms with Gasteiger partial charge in [0.25, 0.3) is 0 Å². The van der Waals surface area contributed by atoms with Gasteiger partial charge >= 0.3 is 5.97 Å². The van der Waals surface area contributed by atoms with Crippen molar-refractivity contribution in [2.24, 2.45) is 5.92 Å². The summed E-state index contributed by atoms with van der Waals surface area (Å²) < 4.78 is 4.65. The third kappa shape index (κ3) is 3.23. The molecule has 4 heteroatoms. The fourth-order valence-corrected chi connectivity index (χ4v) is 2.28. The number of thiophene rings is 1. The summed E-state index contributed by atoms with van der Waals surface area (Å²) in [7, 11) is 1.37. The lowest BCUT2D eigenvalue weighted by molar-refractivity contribution is 0.0607. The van der Waals surface area contributed by atoms with E-state index in [4.69, 9.17) is 5.73 Å². The number of carbonyl (C=O) groups is 1. The van der Waals surface area contributed by atoms with Crippen LogP contribution in [0.3, 0.4) is 0 Å². The molecule has 1 aromatic rings. The summed E-state index contributed by atoms with van der Waals surface area (Å²) in [4.78, 5) is 13.0. The van der Waals surface area contributed by atoms with E-state index in [2.05, 4.69) is 18.6 Å². The maximum Gasteiger partial charge on any atom is 0.350 e. The van der Waals surface area contributed by atoms with Gasteiger partial charge in [0.15, 0.2) is 0 Å². The number of rotatable bonds is 4. The lowest BCUT2D eigenvalue weighted by Gasteiger charge is -2.00. The SMILES string of the molecule is COC(=O)c1sc(CCC(C)C)cc1N. The number of methoxy groups -OCH3 is 1. The van der Waals surface area contributed by atoms with Gasteiger partial charge in [0, 0.05) is 4.88 Å². The predicted molar refractivity (Wildman–Crippen MR) is 63.2 cm³/mol. The molecule has 3 nitrogen and oxygen atoms in total. The second kappa shape index (κ2) is 5.16. The summed E-state index contributed by atoms with van der Waals surface area (Å²) in [6, 6.07) is 1.87. The molecule has 0 fully saturated rings. The monoisotopic (exact) mass is 227 g/mol. The van der Waals surface area contributed by atoms with Crippen molar-refractivity contribution in [3.63, 3.8) is 0 Å². The molecule has 0 bridgehead atoms. The molecule has 0 atom stereocenters. The molecule has 0 amide bonds. The summed E-state index contributed by atoms with van der Waals surface area (Å²) in [6.07, 6.45) is 2.09. The van der Waals surface area contributed by atoms with Gasteiger partial charge in [0.1, 0.15) is 4.88 Å². The second-order valence-electron chi connectivity index (χ2n) is 3.92. The fraction of sp³-hybridized carbons (Fsp3) is 0.545. The number of anilines is 1. The molecular weight excluding hydrogens is 210 g/mol. The van der Waals surface area contributed by atoms with E-state index < -0.39 is 0 Å². The molecule has 0 aliphatic rings. The van der Waals surface area contributed by atoms with Crippen LogP contribution in [0.25, 0.3) is 0 Å². The first kappa shape index (κ1) is 12.0. The minimum atomic E-state index is -0.340. The Balaban J connectivity index is 2.72. The number of ether oxygens (including phenoxy) is 1. The number of carbonyl (C=O) groups excluding carboxylic acids is 1. The fourth-order valence-electron chi connectivity index (χ4n) is 1.26. The molecule has 1 aromatic heterocycles. The molecule has 0 aliphatic heterocycles. The van der Waals surface area contributed by atoms with E-state index in [1.807, 2.05) is 6.07 Å². The predicted octanol–water partition coefficient (Wildman–Crippen LogP) is 2.71. The summed E-state index contributed by atoms with van der Waals surface area (Å²) >= 11 is 1.43. The van der Waals surface area contributed by atoms with Gasteiger partial charge in [-0.25, -0.2) is 4.79 Å². The van der Waals surface area contributed by atoms with Crippen LogP contribution in [0.4, 0.5) is 5.69 Å². The third-order valence-electron chi connectivity index (χ3n) is 2.15. The zero-order valence-corrected chi connectivity index (χ0v) is 10.2. The van der Waals surface area contributed by atoms with Crippen LogP contribution in [-0.2, 0) is 11.2 Å². The van der Waals surface area contributed by atoms with E-state index in [0.717, 1.165) is 17.7 Å². The smallest absolute Gasteiger partial charge is 0.350 e. The maximum atomic E-state index is 11.3. The van der Waals surface area contributed by atoms with E-state index in [1.54, 1.807) is 0 Å². The van der Waals surface area contributed by atoms with E-state index in [9.17, 15) is 4.79 Å². The Hall–Kier alpha value is -1.03. The minimum absolute atomic E-state index is 0.340. The molecule has 84 valence electrons. The van der Waals surface area contributed by atoms with Crippen molar-refractivity contribution in [2.75, 3.05) is 12.8 Å². The first-order chi connectivity index (χ1) is 7.04. The highest BCUT2D eigenvalue weighted by Gasteiger charge is 2.14. The molecule has 2 N–H and O–H groups in total. The Morgan fingerprint density at radius 3 is 2.80 bits per heavy atom. The van der Waals surface area contributed by atoms with E-state index in [0.29, 0.717) is 16.5 Å². The van der Waals surface area contributed by atoms with Gasteiger partial charge < -0.3 is 10.5 Å². The Labute approximate surface area is 94.2 Å². The van der Waals surface area contributed by atoms with Gasteiger partial charge in [-0.2, -0.15) is 0 Å². The van der Waals surface area contributed by atoms with Crippen LogP contribution in [0.1, 0.15) is 34.8 Å². The zero-order chi connectivity index (χ0) is 11.4. The van der Waals surface area contributed by atoms with E-state index in [-0.39, 0.29) is 5.97 Å². The molecular formula is C11H17NO2S. The van der Waals surface area contributed by atoms with Crippen molar-refractivity contribution >= 4 is 23.0 Å². The lowest BCUT2D eigenvalue weighted by Crippen LogP contribution is -2.00. The van der Waals surface area contributed by atoms with Crippen molar-refractivity contribution in [3.05, 3.63) is 15.8 Å². The average Bonchev–Trinajstić information content (AvgIpc) is 2.55. The van der Waals surface area contributed by atoms with E-state index in [1.165, 1.54) is 18.4 Å². The second-order valence-corrected chi connectivity index (χ2v) is 5.06. The summed E-state index contributed by atoms with van der Waals surface area (Å²) in [6.45, 7) is 4.36. The van der Waals surface area contributed by atoms with Crippen molar-refractivity contribution < 1.29 is 9.53 Å². The quantitative estimate of drug-likeness (QED) is 0.805. The molecule has 0 saturated carbocycles. The highest BCUT2D eigenvalue weighted by molar-refractivity contribution is 7.14. The number of nitrogens with two attached hydrogens (primary N) is 1. The molecule has 1 heterocycles. The van der Waals surface area contributed by atoms with Gasteiger partial charge in [0.05, 0.1) is 12.8 Å². The summed E-state index contributed by atoms with van der Waals surface area (Å²) in [5.41, 5.74) is 6.27. The largest absolute Gasteiger partial charge is 0.465 e. The van der Waals surface area contributed by atoms with Gasteiger partial charge in [-0.15, -0.1) is 11.3 Å². The first-order valence-electron chi connectivity index (χ1n) is 5.01. The van der Waals surface area contributed by atoms with Crippen LogP contribution in [0.2, 0.25) is 0 Å². The summed E-state index contributed by atoms with van der Waals surface area (Å²) in [5.74, 6) is 0.322. The number of nitrogen functional groups attached to an aromatic ring is 1. The van der Waals surface area contributed by atoms with Crippen LogP contribution >= 0.6 is 11.3 Å². The number of hydrogen-bond donors (Lipinski definition) is 1. The zero-order valence-electron chi connectivity index (χ0n) is 9.37. The molecule has 0 spiro atoms. The number of esters is 1. The van der Waals surface area contributed by atoms with Crippen LogP contribution in [0.15, 0.2) is 6.07 Å². The standard InChI is InChI=1S/C11H17NO2S/c1-7(2)4-5-8-6-9(12)10(15-8)11(13)14-3/h6-7H,4-5,12H2,1-3H3. The maximum absolute atomic E-state index is 11.3. The number of hydrogen-bond acceptors (Lipinski definition) is 4. The van der Waals surface area contributed by atoms with Crippen LogP contribution in [0, 0.1) is 5.92 Å². The van der Waals surface area contributed by atoms with Gasteiger partial charge in [0.2, 0.25) is 0 Å². The molecule has 0 saturated heterocycles. The average molecular weight is 227 g/mol. The lowest BCUT2D eigenvalue weighted by atomic mass is 10.1. The van der Waals surface area contributed by atoms with Gasteiger partial charge in [-0.1, -0.05) is 13.8 Å². The van der Waals surface area contributed by atoms with Gasteiger partial charge in [-0.05, 0) is 24.8 Å². The minimum Gasteiger partial charge on any atom is -0.465 e. The Kier molecular flexibility index (Phi) is 4.15. The van der Waals surface area contributed by atoms with Crippen LogP contribution < -0.4 is 5.73 Å². The van der Waals surface area contributed by atoms with Crippen molar-refractivity contribution in [2.45, 2.75) is 26.7 Å². The third-order valence-corrected chi connectivity index (χ3v) is 3.34. The Bertz CT molecular complexity index is 344. The molecule has 15 heavy (non-hydrogen) atoms. The van der Waals surface area contributed by atoms with Crippen molar-refractivity contribution in [3.8, 4) is 0 Å². The topological polar surface area (TPSA) is 52.3 Å². The Morgan fingerprint density at radius 2 is 2.27 bits per heavy atom. The number of aryl methyl sites for hydroxylation is 1. The molecule has 0 aromatic carbocycles. The van der Waals surface area contributed by atoms with E-state index >= 15 is 0 Å². The summed E-state index contributed by atoms with van der Waals surface area (Å²) in [5, 5.41) is 0. The van der Waals surface area contributed by atoms with Crippen LogP contribution in [0.5, 0.6) is 0 Å². The highest BCUT2D eigenvalue weighted by Crippen LogP contribution is 2.27. The Morgan fingerprint density at radius 1 is 1.60 bits per heavy atom. The molecule has 1 rings (SSSR count). The highest BCUT2D eigenvalue weighted by atomic mass is 32.1. The molecule has 0 radical (unpaired) electrons. The molecule has 0 aliphatic carbocycles. The normalized spacial score (nSPS) is 10.7.